The van der Waals surface area contributed by atoms with Gasteiger partial charge in [-0.25, -0.2) is 0 Å². The van der Waals surface area contributed by atoms with Crippen LogP contribution in [0.4, 0.5) is 0 Å². The molecule has 0 radical (unpaired) electrons. The molecule has 0 amide bonds. The van der Waals surface area contributed by atoms with Gasteiger partial charge in [0.2, 0.25) is 0 Å². The Hall–Kier alpha value is -0.240. The molecule has 2 fully saturated rings. The van der Waals surface area contributed by atoms with Crippen molar-refractivity contribution in [3.8, 4) is 0 Å². The summed E-state index contributed by atoms with van der Waals surface area (Å²) in [6.07, 6.45) is 4.47. The molecular formula is C9H17N3O2S2. The minimum atomic E-state index is -3.40. The first-order chi connectivity index (χ1) is 7.50. The van der Waals surface area contributed by atoms with Crippen molar-refractivity contribution in [3.63, 3.8) is 0 Å². The summed E-state index contributed by atoms with van der Waals surface area (Å²) in [5.41, 5.74) is 5.60. The van der Waals surface area contributed by atoms with Gasteiger partial charge in [-0.1, -0.05) is 18.6 Å². The summed E-state index contributed by atoms with van der Waals surface area (Å²) in [5, 5.41) is 0. The fourth-order valence-corrected chi connectivity index (χ4v) is 3.98. The fraction of sp³-hybridized carbons (Fsp3) is 0.889. The number of piperidine rings is 1. The van der Waals surface area contributed by atoms with Crippen molar-refractivity contribution >= 4 is 27.4 Å². The summed E-state index contributed by atoms with van der Waals surface area (Å²) in [4.78, 5) is 0.279. The summed E-state index contributed by atoms with van der Waals surface area (Å²) in [5.74, 6) is 0. The molecule has 0 spiro atoms. The Kier molecular flexibility index (Phi) is 3.48. The number of thiocarbonyl (C=S) groups is 1. The van der Waals surface area contributed by atoms with Gasteiger partial charge in [0.05, 0.1) is 11.0 Å². The zero-order chi connectivity index (χ0) is 11.8. The first-order valence-electron chi connectivity index (χ1n) is 5.59. The Labute approximate surface area is 102 Å². The van der Waals surface area contributed by atoms with Crippen molar-refractivity contribution in [2.24, 2.45) is 5.73 Å². The topological polar surface area (TPSA) is 75.4 Å². The van der Waals surface area contributed by atoms with Gasteiger partial charge in [-0.2, -0.15) is 17.4 Å². The second kappa shape index (κ2) is 4.56. The molecular weight excluding hydrogens is 246 g/mol. The maximum atomic E-state index is 12.1. The van der Waals surface area contributed by atoms with Crippen LogP contribution in [0.5, 0.6) is 0 Å². The van der Waals surface area contributed by atoms with E-state index in [0.717, 1.165) is 32.1 Å². The van der Waals surface area contributed by atoms with Gasteiger partial charge in [0.15, 0.2) is 0 Å². The molecule has 0 aromatic rings. The van der Waals surface area contributed by atoms with Crippen LogP contribution in [0.15, 0.2) is 0 Å². The predicted molar refractivity (Wildman–Crippen MR) is 66.2 cm³/mol. The number of nitrogens with zero attached hydrogens (tertiary/aromatic N) is 1. The number of rotatable bonds is 4. The molecule has 1 heterocycles. The number of nitrogens with one attached hydrogen (secondary N) is 1. The summed E-state index contributed by atoms with van der Waals surface area (Å²) < 4.78 is 28.2. The quantitative estimate of drug-likeness (QED) is 0.707. The fourth-order valence-electron chi connectivity index (χ4n) is 1.96. The van der Waals surface area contributed by atoms with E-state index in [9.17, 15) is 8.42 Å². The molecule has 1 atom stereocenters. The average Bonchev–Trinajstić information content (AvgIpc) is 3.01. The molecule has 92 valence electrons. The summed E-state index contributed by atoms with van der Waals surface area (Å²) in [6.45, 7) is 0.518. The zero-order valence-electron chi connectivity index (χ0n) is 9.05. The van der Waals surface area contributed by atoms with E-state index in [1.807, 2.05) is 0 Å². The van der Waals surface area contributed by atoms with Crippen LogP contribution in [-0.2, 0) is 10.2 Å². The minimum Gasteiger partial charge on any atom is -0.392 e. The van der Waals surface area contributed by atoms with Crippen LogP contribution in [0.3, 0.4) is 0 Å². The maximum Gasteiger partial charge on any atom is 0.280 e. The van der Waals surface area contributed by atoms with Crippen molar-refractivity contribution < 1.29 is 8.42 Å². The number of hydrogen-bond acceptors (Lipinski definition) is 3. The van der Waals surface area contributed by atoms with Gasteiger partial charge < -0.3 is 5.73 Å². The van der Waals surface area contributed by atoms with Crippen LogP contribution in [0.25, 0.3) is 0 Å². The summed E-state index contributed by atoms with van der Waals surface area (Å²) >= 11 is 4.93. The van der Waals surface area contributed by atoms with E-state index in [-0.39, 0.29) is 17.1 Å². The van der Waals surface area contributed by atoms with Gasteiger partial charge in [0.1, 0.15) is 0 Å². The molecule has 0 aromatic carbocycles. The Morgan fingerprint density at radius 2 is 2.00 bits per heavy atom. The van der Waals surface area contributed by atoms with Crippen molar-refractivity contribution in [2.75, 3.05) is 6.54 Å². The molecule has 7 heteroatoms. The second-order valence-corrected chi connectivity index (χ2v) is 6.55. The summed E-state index contributed by atoms with van der Waals surface area (Å²) in [6, 6.07) is -0.182. The van der Waals surface area contributed by atoms with Crippen LogP contribution in [0, 0.1) is 0 Å². The molecule has 1 unspecified atom stereocenters. The van der Waals surface area contributed by atoms with Crippen molar-refractivity contribution in [3.05, 3.63) is 0 Å². The molecule has 1 saturated carbocycles. The normalized spacial score (nSPS) is 27.9. The Balaban J connectivity index is 2.11. The van der Waals surface area contributed by atoms with E-state index in [0.29, 0.717) is 6.54 Å². The third-order valence-corrected chi connectivity index (χ3v) is 4.94. The lowest BCUT2D eigenvalue weighted by Gasteiger charge is -2.33. The smallest absolute Gasteiger partial charge is 0.280 e. The van der Waals surface area contributed by atoms with Crippen LogP contribution in [0.1, 0.15) is 32.1 Å². The van der Waals surface area contributed by atoms with Gasteiger partial charge >= 0.3 is 0 Å². The lowest BCUT2D eigenvalue weighted by atomic mass is 10.1. The SMILES string of the molecule is NC(=S)C1CCCCN1S(=O)(=O)NC1CC1. The van der Waals surface area contributed by atoms with Crippen LogP contribution in [0.2, 0.25) is 0 Å². The predicted octanol–water partition coefficient (Wildman–Crippen LogP) is 0.124. The van der Waals surface area contributed by atoms with Crippen molar-refractivity contribution in [2.45, 2.75) is 44.2 Å². The Morgan fingerprint density at radius 3 is 2.56 bits per heavy atom. The molecule has 1 aliphatic carbocycles. The molecule has 1 aliphatic heterocycles. The summed E-state index contributed by atoms with van der Waals surface area (Å²) in [7, 11) is -3.40. The van der Waals surface area contributed by atoms with Gasteiger partial charge in [-0.3, -0.25) is 0 Å². The van der Waals surface area contributed by atoms with Crippen molar-refractivity contribution in [1.82, 2.24) is 9.03 Å². The molecule has 2 rings (SSSR count). The second-order valence-electron chi connectivity index (χ2n) is 4.42. The van der Waals surface area contributed by atoms with E-state index < -0.39 is 10.2 Å². The third-order valence-electron chi connectivity index (χ3n) is 2.98. The van der Waals surface area contributed by atoms with Gasteiger partial charge in [0.25, 0.3) is 10.2 Å². The van der Waals surface area contributed by atoms with Crippen LogP contribution in [-0.4, -0.2) is 36.3 Å². The number of hydrogen-bond donors (Lipinski definition) is 2. The first kappa shape index (κ1) is 12.2. The zero-order valence-corrected chi connectivity index (χ0v) is 10.7. The molecule has 5 nitrogen and oxygen atoms in total. The lowest BCUT2D eigenvalue weighted by molar-refractivity contribution is 0.302. The number of nitrogens with two attached hydrogens (primary N) is 1. The molecule has 0 bridgehead atoms. The molecule has 1 saturated heterocycles. The van der Waals surface area contributed by atoms with Gasteiger partial charge in [-0.15, -0.1) is 0 Å². The standard InChI is InChI=1S/C9H17N3O2S2/c10-9(15)8-3-1-2-6-12(8)16(13,14)11-7-4-5-7/h7-8,11H,1-6H2,(H2,10,15). The Morgan fingerprint density at radius 1 is 1.31 bits per heavy atom. The molecule has 3 N–H and O–H groups in total. The first-order valence-corrected chi connectivity index (χ1v) is 7.44. The lowest BCUT2D eigenvalue weighted by Crippen LogP contribution is -2.53. The highest BCUT2D eigenvalue weighted by molar-refractivity contribution is 7.87. The van der Waals surface area contributed by atoms with Crippen molar-refractivity contribution in [1.29, 1.82) is 0 Å². The largest absolute Gasteiger partial charge is 0.392 e. The van der Waals surface area contributed by atoms with E-state index >= 15 is 0 Å². The van der Waals surface area contributed by atoms with E-state index in [4.69, 9.17) is 18.0 Å². The van der Waals surface area contributed by atoms with Crippen LogP contribution >= 0.6 is 12.2 Å². The molecule has 16 heavy (non-hydrogen) atoms. The minimum absolute atomic E-state index is 0.124. The highest BCUT2D eigenvalue weighted by Crippen LogP contribution is 2.24. The Bertz CT molecular complexity index is 378. The van der Waals surface area contributed by atoms with E-state index in [1.54, 1.807) is 0 Å². The van der Waals surface area contributed by atoms with E-state index in [1.165, 1.54) is 4.31 Å². The van der Waals surface area contributed by atoms with E-state index in [2.05, 4.69) is 4.72 Å². The molecule has 2 aliphatic rings. The van der Waals surface area contributed by atoms with Crippen LogP contribution < -0.4 is 10.5 Å². The van der Waals surface area contributed by atoms with Gasteiger partial charge in [-0.05, 0) is 25.7 Å². The average molecular weight is 263 g/mol. The monoisotopic (exact) mass is 263 g/mol. The molecule has 0 aromatic heterocycles. The highest BCUT2D eigenvalue weighted by atomic mass is 32.2. The van der Waals surface area contributed by atoms with Gasteiger partial charge in [0, 0.05) is 12.6 Å². The maximum absolute atomic E-state index is 12.1. The third kappa shape index (κ3) is 2.71. The highest BCUT2D eigenvalue weighted by Gasteiger charge is 2.37.